The molecule has 0 fully saturated rings. The molecule has 7 nitrogen and oxygen atoms in total. The van der Waals surface area contributed by atoms with Crippen LogP contribution in [0, 0.1) is 0 Å². The lowest BCUT2D eigenvalue weighted by molar-refractivity contribution is -0.119. The Labute approximate surface area is 206 Å². The average Bonchev–Trinajstić information content (AvgIpc) is 2.86. The Bertz CT molecular complexity index is 1440. The monoisotopic (exact) mass is 490 g/mol. The Hall–Kier alpha value is -4.10. The maximum Gasteiger partial charge on any atom is 0.356 e. The molecule has 0 unspecified atom stereocenters. The molecule has 0 atom stereocenters. The van der Waals surface area contributed by atoms with Crippen molar-refractivity contribution in [2.24, 2.45) is 7.05 Å². The molecule has 35 heavy (non-hydrogen) atoms. The first-order valence-corrected chi connectivity index (χ1v) is 11.3. The predicted octanol–water partition coefficient (Wildman–Crippen LogP) is 5.05. The van der Waals surface area contributed by atoms with Crippen molar-refractivity contribution in [3.05, 3.63) is 93.9 Å². The summed E-state index contributed by atoms with van der Waals surface area (Å²) in [7, 11) is 1.50. The lowest BCUT2D eigenvalue weighted by atomic mass is 9.97. The molecule has 4 aromatic rings. The van der Waals surface area contributed by atoms with Crippen molar-refractivity contribution in [1.82, 2.24) is 4.57 Å². The molecule has 1 amide bonds. The second-order valence-corrected chi connectivity index (χ2v) is 8.16. The molecule has 3 aromatic carbocycles. The Morgan fingerprint density at radius 2 is 1.60 bits per heavy atom. The van der Waals surface area contributed by atoms with E-state index in [9.17, 15) is 14.4 Å². The lowest BCUT2D eigenvalue weighted by Crippen LogP contribution is -2.28. The number of amides is 1. The summed E-state index contributed by atoms with van der Waals surface area (Å²) in [5, 5.41) is 4.27. The third-order valence-corrected chi connectivity index (χ3v) is 5.67. The van der Waals surface area contributed by atoms with Crippen LogP contribution in [-0.4, -0.2) is 29.7 Å². The summed E-state index contributed by atoms with van der Waals surface area (Å²) < 4.78 is 12.0. The number of rotatable bonds is 7. The molecule has 0 saturated carbocycles. The quantitative estimate of drug-likeness (QED) is 0.366. The predicted molar refractivity (Wildman–Crippen MR) is 136 cm³/mol. The number of carbonyl (C=O) groups excluding carboxylic acids is 2. The van der Waals surface area contributed by atoms with Crippen LogP contribution in [0.4, 0.5) is 5.69 Å². The van der Waals surface area contributed by atoms with Crippen LogP contribution in [0.15, 0.2) is 77.6 Å². The summed E-state index contributed by atoms with van der Waals surface area (Å²) in [6.45, 7) is 1.90. The van der Waals surface area contributed by atoms with Crippen LogP contribution in [0.5, 0.6) is 5.75 Å². The smallest absolute Gasteiger partial charge is 0.356 e. The number of nitrogens with zero attached hydrogens (tertiary/aromatic N) is 1. The molecule has 0 aliphatic rings. The molecule has 0 saturated heterocycles. The van der Waals surface area contributed by atoms with E-state index in [0.29, 0.717) is 45.0 Å². The molecule has 0 bridgehead atoms. The Morgan fingerprint density at radius 1 is 0.943 bits per heavy atom. The third kappa shape index (κ3) is 5.20. The van der Waals surface area contributed by atoms with Gasteiger partial charge in [0.1, 0.15) is 11.4 Å². The molecule has 1 heterocycles. The van der Waals surface area contributed by atoms with E-state index in [2.05, 4.69) is 5.32 Å². The number of aromatic nitrogens is 1. The SMILES string of the molecule is CCOc1ccc(NC(=O)COC(=O)c2c(-c3ccc(Cl)cc3)c3ccccc3c(=O)n2C)cc1. The summed E-state index contributed by atoms with van der Waals surface area (Å²) in [4.78, 5) is 38.6. The highest BCUT2D eigenvalue weighted by Gasteiger charge is 2.23. The molecule has 4 rings (SSSR count). The average molecular weight is 491 g/mol. The molecular formula is C27H23ClN2O5. The number of carbonyl (C=O) groups is 2. The zero-order chi connectivity index (χ0) is 24.9. The van der Waals surface area contributed by atoms with E-state index >= 15 is 0 Å². The number of hydrogen-bond donors (Lipinski definition) is 1. The summed E-state index contributed by atoms with van der Waals surface area (Å²) >= 11 is 6.05. The molecule has 1 N–H and O–H groups in total. The zero-order valence-electron chi connectivity index (χ0n) is 19.2. The van der Waals surface area contributed by atoms with Gasteiger partial charge in [0, 0.05) is 28.7 Å². The highest BCUT2D eigenvalue weighted by Crippen LogP contribution is 2.31. The number of esters is 1. The Kier molecular flexibility index (Phi) is 7.17. The zero-order valence-corrected chi connectivity index (χ0v) is 20.0. The number of benzene rings is 3. The standard InChI is InChI=1S/C27H23ClN2O5/c1-3-34-20-14-12-19(13-15-20)29-23(31)16-35-27(33)25-24(17-8-10-18(28)11-9-17)21-6-4-5-7-22(21)26(32)30(25)2/h4-15H,3,16H2,1-2H3,(H,29,31). The molecule has 178 valence electrons. The maximum absolute atomic E-state index is 13.2. The largest absolute Gasteiger partial charge is 0.494 e. The van der Waals surface area contributed by atoms with Crippen LogP contribution < -0.4 is 15.6 Å². The molecule has 0 aliphatic carbocycles. The van der Waals surface area contributed by atoms with E-state index in [4.69, 9.17) is 21.1 Å². The van der Waals surface area contributed by atoms with Crippen molar-refractivity contribution in [3.8, 4) is 16.9 Å². The van der Waals surface area contributed by atoms with Crippen LogP contribution in [0.1, 0.15) is 17.4 Å². The van der Waals surface area contributed by atoms with Crippen LogP contribution >= 0.6 is 11.6 Å². The topological polar surface area (TPSA) is 86.6 Å². The summed E-state index contributed by atoms with van der Waals surface area (Å²) in [5.41, 5.74) is 1.45. The van der Waals surface area contributed by atoms with Gasteiger partial charge in [-0.2, -0.15) is 0 Å². The minimum Gasteiger partial charge on any atom is -0.494 e. The van der Waals surface area contributed by atoms with Gasteiger partial charge >= 0.3 is 5.97 Å². The fourth-order valence-electron chi connectivity index (χ4n) is 3.81. The van der Waals surface area contributed by atoms with Crippen LogP contribution in [-0.2, 0) is 16.6 Å². The van der Waals surface area contributed by atoms with Crippen LogP contribution in [0.3, 0.4) is 0 Å². The van der Waals surface area contributed by atoms with Gasteiger partial charge in [-0.25, -0.2) is 4.79 Å². The van der Waals surface area contributed by atoms with E-state index in [1.54, 1.807) is 72.8 Å². The first-order chi connectivity index (χ1) is 16.9. The normalized spacial score (nSPS) is 10.7. The van der Waals surface area contributed by atoms with Gasteiger partial charge in [-0.3, -0.25) is 9.59 Å². The molecule has 1 aromatic heterocycles. The van der Waals surface area contributed by atoms with E-state index in [0.717, 1.165) is 0 Å². The number of anilines is 1. The van der Waals surface area contributed by atoms with E-state index in [-0.39, 0.29) is 11.3 Å². The van der Waals surface area contributed by atoms with Gasteiger partial charge in [-0.15, -0.1) is 0 Å². The van der Waals surface area contributed by atoms with E-state index in [1.165, 1.54) is 11.6 Å². The number of ether oxygens (including phenoxy) is 2. The van der Waals surface area contributed by atoms with Crippen molar-refractivity contribution in [3.63, 3.8) is 0 Å². The second-order valence-electron chi connectivity index (χ2n) is 7.72. The summed E-state index contributed by atoms with van der Waals surface area (Å²) in [6, 6.07) is 20.8. The van der Waals surface area contributed by atoms with Crippen molar-refractivity contribution in [1.29, 1.82) is 0 Å². The number of nitrogens with one attached hydrogen (secondary N) is 1. The van der Waals surface area contributed by atoms with Crippen LogP contribution in [0.25, 0.3) is 21.9 Å². The van der Waals surface area contributed by atoms with Gasteiger partial charge < -0.3 is 19.4 Å². The van der Waals surface area contributed by atoms with Crippen molar-refractivity contribution in [2.45, 2.75) is 6.92 Å². The number of hydrogen-bond acceptors (Lipinski definition) is 5. The maximum atomic E-state index is 13.2. The number of pyridine rings is 1. The van der Waals surface area contributed by atoms with Crippen LogP contribution in [0.2, 0.25) is 5.02 Å². The van der Waals surface area contributed by atoms with E-state index in [1.807, 2.05) is 6.92 Å². The molecule has 8 heteroatoms. The molecule has 0 aliphatic heterocycles. The van der Waals surface area contributed by atoms with Gasteiger partial charge in [-0.05, 0) is 60.3 Å². The minimum absolute atomic E-state index is 0.0462. The minimum atomic E-state index is -0.790. The van der Waals surface area contributed by atoms with E-state index < -0.39 is 18.5 Å². The van der Waals surface area contributed by atoms with Gasteiger partial charge in [0.15, 0.2) is 6.61 Å². The third-order valence-electron chi connectivity index (χ3n) is 5.41. The van der Waals surface area contributed by atoms with Gasteiger partial charge in [0.25, 0.3) is 11.5 Å². The van der Waals surface area contributed by atoms with Gasteiger partial charge in [0.05, 0.1) is 6.61 Å². The number of fused-ring (bicyclic) bond motifs is 1. The second kappa shape index (κ2) is 10.4. The van der Waals surface area contributed by atoms with Crippen molar-refractivity contribution >= 4 is 39.9 Å². The van der Waals surface area contributed by atoms with Crippen molar-refractivity contribution < 1.29 is 19.1 Å². The molecule has 0 radical (unpaired) electrons. The first kappa shape index (κ1) is 24.0. The Morgan fingerprint density at radius 3 is 2.26 bits per heavy atom. The summed E-state index contributed by atoms with van der Waals surface area (Å²) in [6.07, 6.45) is 0. The molecular weight excluding hydrogens is 468 g/mol. The lowest BCUT2D eigenvalue weighted by Gasteiger charge is -2.17. The Balaban J connectivity index is 1.62. The van der Waals surface area contributed by atoms with Crippen molar-refractivity contribution in [2.75, 3.05) is 18.5 Å². The van der Waals surface area contributed by atoms with Gasteiger partial charge in [0.2, 0.25) is 0 Å². The first-order valence-electron chi connectivity index (χ1n) is 11.0. The fraction of sp³-hybridized carbons (Fsp3) is 0.148. The highest BCUT2D eigenvalue weighted by molar-refractivity contribution is 6.30. The highest BCUT2D eigenvalue weighted by atomic mass is 35.5. The van der Waals surface area contributed by atoms with Gasteiger partial charge in [-0.1, -0.05) is 41.9 Å². The molecule has 0 spiro atoms. The fourth-order valence-corrected chi connectivity index (χ4v) is 3.94. The summed E-state index contributed by atoms with van der Waals surface area (Å²) in [5.74, 6) is -0.618. The number of halogens is 1.